The third-order valence-corrected chi connectivity index (χ3v) is 5.10. The van der Waals surface area contributed by atoms with E-state index in [0.717, 1.165) is 25.9 Å². The molecule has 1 saturated heterocycles. The summed E-state index contributed by atoms with van der Waals surface area (Å²) in [5, 5.41) is 0. The van der Waals surface area contributed by atoms with E-state index < -0.39 is 10.0 Å². The van der Waals surface area contributed by atoms with Crippen molar-refractivity contribution in [2.75, 3.05) is 20.1 Å². The summed E-state index contributed by atoms with van der Waals surface area (Å²) in [5.74, 6) is 0.394. The standard InChI is InChI=1S/C13H21N3O3S/c1-10-5-4-6-16(8-10)13(17)12-7-11(9-15(12)3)20(18,19)14-2/h7,9-10,14H,4-6,8H2,1-3H3/t10-/m1/s1. The SMILES string of the molecule is CNS(=O)(=O)c1cc(C(=O)N2CCC[C@@H](C)C2)n(C)c1. The van der Waals surface area contributed by atoms with Crippen LogP contribution in [0.25, 0.3) is 0 Å². The van der Waals surface area contributed by atoms with Crippen molar-refractivity contribution in [3.05, 3.63) is 18.0 Å². The summed E-state index contributed by atoms with van der Waals surface area (Å²) in [6.45, 7) is 3.60. The second-order valence-electron chi connectivity index (χ2n) is 5.38. The lowest BCUT2D eigenvalue weighted by molar-refractivity contribution is 0.0673. The van der Waals surface area contributed by atoms with Crippen molar-refractivity contribution in [3.63, 3.8) is 0 Å². The number of likely N-dealkylation sites (tertiary alicyclic amines) is 1. The number of amides is 1. The molecule has 1 aromatic heterocycles. The van der Waals surface area contributed by atoms with Gasteiger partial charge in [0.2, 0.25) is 10.0 Å². The van der Waals surface area contributed by atoms with Crippen molar-refractivity contribution in [2.24, 2.45) is 13.0 Å². The Hall–Kier alpha value is -1.34. The lowest BCUT2D eigenvalue weighted by Gasteiger charge is -2.30. The van der Waals surface area contributed by atoms with Gasteiger partial charge < -0.3 is 9.47 Å². The topological polar surface area (TPSA) is 71.4 Å². The van der Waals surface area contributed by atoms with E-state index in [1.807, 2.05) is 0 Å². The van der Waals surface area contributed by atoms with Gasteiger partial charge in [0.05, 0.1) is 0 Å². The van der Waals surface area contributed by atoms with E-state index >= 15 is 0 Å². The van der Waals surface area contributed by atoms with E-state index in [4.69, 9.17) is 0 Å². The number of aryl methyl sites for hydroxylation is 1. The molecule has 0 saturated carbocycles. The fourth-order valence-corrected chi connectivity index (χ4v) is 3.35. The van der Waals surface area contributed by atoms with Gasteiger partial charge >= 0.3 is 0 Å². The molecule has 1 aliphatic heterocycles. The smallest absolute Gasteiger partial charge is 0.270 e. The summed E-state index contributed by atoms with van der Waals surface area (Å²) < 4.78 is 27.4. The molecule has 0 aliphatic carbocycles. The van der Waals surface area contributed by atoms with Crippen LogP contribution in [0.4, 0.5) is 0 Å². The lowest BCUT2D eigenvalue weighted by atomic mass is 10.00. The first-order chi connectivity index (χ1) is 9.35. The Kier molecular flexibility index (Phi) is 4.19. The molecule has 20 heavy (non-hydrogen) atoms. The number of nitrogens with zero attached hydrogens (tertiary/aromatic N) is 2. The molecule has 2 rings (SSSR count). The summed E-state index contributed by atoms with van der Waals surface area (Å²) in [6.07, 6.45) is 3.60. The summed E-state index contributed by atoms with van der Waals surface area (Å²) in [7, 11) is -0.469. The minimum atomic E-state index is -3.52. The first-order valence-corrected chi connectivity index (χ1v) is 8.22. The number of hydrogen-bond donors (Lipinski definition) is 1. The highest BCUT2D eigenvalue weighted by atomic mass is 32.2. The van der Waals surface area contributed by atoms with Gasteiger partial charge in [0.15, 0.2) is 0 Å². The Bertz CT molecular complexity index is 606. The molecule has 0 unspecified atom stereocenters. The van der Waals surface area contributed by atoms with E-state index in [1.54, 1.807) is 16.5 Å². The quantitative estimate of drug-likeness (QED) is 0.897. The van der Waals surface area contributed by atoms with Crippen LogP contribution in [-0.4, -0.2) is 43.9 Å². The van der Waals surface area contributed by atoms with Crippen molar-refractivity contribution in [1.29, 1.82) is 0 Å². The molecule has 1 aromatic rings. The third-order valence-electron chi connectivity index (χ3n) is 3.72. The molecule has 7 heteroatoms. The monoisotopic (exact) mass is 299 g/mol. The maximum atomic E-state index is 12.5. The molecular formula is C13H21N3O3S. The van der Waals surface area contributed by atoms with Gasteiger partial charge in [0.1, 0.15) is 10.6 Å². The van der Waals surface area contributed by atoms with Crippen molar-refractivity contribution in [2.45, 2.75) is 24.7 Å². The molecular weight excluding hydrogens is 278 g/mol. The molecule has 0 bridgehead atoms. The number of rotatable bonds is 3. The van der Waals surface area contributed by atoms with Crippen LogP contribution >= 0.6 is 0 Å². The largest absolute Gasteiger partial charge is 0.345 e. The fraction of sp³-hybridized carbons (Fsp3) is 0.615. The second kappa shape index (κ2) is 5.57. The van der Waals surface area contributed by atoms with Gasteiger partial charge in [-0.1, -0.05) is 6.92 Å². The number of aromatic nitrogens is 1. The second-order valence-corrected chi connectivity index (χ2v) is 7.26. The minimum Gasteiger partial charge on any atom is -0.345 e. The van der Waals surface area contributed by atoms with Gasteiger partial charge in [-0.15, -0.1) is 0 Å². The third kappa shape index (κ3) is 2.88. The first kappa shape index (κ1) is 15.1. The number of carbonyl (C=O) groups excluding carboxylic acids is 1. The molecule has 1 amide bonds. The Morgan fingerprint density at radius 3 is 2.75 bits per heavy atom. The van der Waals surface area contributed by atoms with Crippen molar-refractivity contribution >= 4 is 15.9 Å². The van der Waals surface area contributed by atoms with Gasteiger partial charge in [-0.25, -0.2) is 13.1 Å². The summed E-state index contributed by atoms with van der Waals surface area (Å²) in [5.41, 5.74) is 0.410. The van der Waals surface area contributed by atoms with Crippen molar-refractivity contribution < 1.29 is 13.2 Å². The van der Waals surface area contributed by atoms with E-state index in [0.29, 0.717) is 11.6 Å². The number of sulfonamides is 1. The van der Waals surface area contributed by atoms with E-state index in [2.05, 4.69) is 11.6 Å². The van der Waals surface area contributed by atoms with E-state index in [-0.39, 0.29) is 10.8 Å². The van der Waals surface area contributed by atoms with Crippen LogP contribution in [0.5, 0.6) is 0 Å². The van der Waals surface area contributed by atoms with E-state index in [1.165, 1.54) is 19.3 Å². The Balaban J connectivity index is 2.27. The summed E-state index contributed by atoms with van der Waals surface area (Å²) in [6, 6.07) is 1.44. The lowest BCUT2D eigenvalue weighted by Crippen LogP contribution is -2.39. The van der Waals surface area contributed by atoms with Gasteiger partial charge in [-0.3, -0.25) is 4.79 Å². The fourth-order valence-electron chi connectivity index (χ4n) is 2.55. The molecule has 112 valence electrons. The molecule has 0 radical (unpaired) electrons. The Labute approximate surface area is 119 Å². The number of nitrogens with one attached hydrogen (secondary N) is 1. The van der Waals surface area contributed by atoms with Gasteiger partial charge in [-0.05, 0) is 31.9 Å². The minimum absolute atomic E-state index is 0.100. The molecule has 1 fully saturated rings. The summed E-state index contributed by atoms with van der Waals surface area (Å²) in [4.78, 5) is 14.4. The highest BCUT2D eigenvalue weighted by Gasteiger charge is 2.25. The maximum absolute atomic E-state index is 12.5. The van der Waals surface area contributed by atoms with Crippen LogP contribution < -0.4 is 4.72 Å². The molecule has 1 N–H and O–H groups in total. The molecule has 6 nitrogen and oxygen atoms in total. The Morgan fingerprint density at radius 2 is 2.15 bits per heavy atom. The Morgan fingerprint density at radius 1 is 1.45 bits per heavy atom. The van der Waals surface area contributed by atoms with Gasteiger partial charge in [0.25, 0.3) is 5.91 Å². The van der Waals surface area contributed by atoms with Crippen LogP contribution in [-0.2, 0) is 17.1 Å². The normalized spacial score (nSPS) is 20.1. The van der Waals surface area contributed by atoms with Crippen LogP contribution in [0, 0.1) is 5.92 Å². The van der Waals surface area contributed by atoms with Crippen molar-refractivity contribution in [1.82, 2.24) is 14.2 Å². The number of carbonyl (C=O) groups is 1. The van der Waals surface area contributed by atoms with Gasteiger partial charge in [0, 0.05) is 26.3 Å². The van der Waals surface area contributed by atoms with Crippen LogP contribution in [0.2, 0.25) is 0 Å². The van der Waals surface area contributed by atoms with Gasteiger partial charge in [-0.2, -0.15) is 0 Å². The highest BCUT2D eigenvalue weighted by Crippen LogP contribution is 2.20. The maximum Gasteiger partial charge on any atom is 0.270 e. The molecule has 1 aliphatic rings. The molecule has 0 spiro atoms. The van der Waals surface area contributed by atoms with E-state index in [9.17, 15) is 13.2 Å². The zero-order valence-corrected chi connectivity index (χ0v) is 12.9. The zero-order valence-electron chi connectivity index (χ0n) is 12.1. The molecule has 0 aromatic carbocycles. The average molecular weight is 299 g/mol. The predicted molar refractivity (Wildman–Crippen MR) is 76.0 cm³/mol. The highest BCUT2D eigenvalue weighted by molar-refractivity contribution is 7.89. The molecule has 1 atom stereocenters. The van der Waals surface area contributed by atoms with Crippen LogP contribution in [0.1, 0.15) is 30.3 Å². The van der Waals surface area contributed by atoms with Crippen LogP contribution in [0.15, 0.2) is 17.2 Å². The first-order valence-electron chi connectivity index (χ1n) is 6.74. The number of hydrogen-bond acceptors (Lipinski definition) is 3. The zero-order chi connectivity index (χ0) is 14.9. The van der Waals surface area contributed by atoms with Crippen LogP contribution in [0.3, 0.4) is 0 Å². The van der Waals surface area contributed by atoms with Crippen molar-refractivity contribution in [3.8, 4) is 0 Å². The predicted octanol–water partition coefficient (Wildman–Crippen LogP) is 0.805. The summed E-state index contributed by atoms with van der Waals surface area (Å²) >= 11 is 0. The number of piperidine rings is 1. The average Bonchev–Trinajstić information content (AvgIpc) is 2.81. The molecule has 2 heterocycles.